The number of quaternary nitrogens is 1. The van der Waals surface area contributed by atoms with E-state index >= 15 is 0 Å². The first-order valence-corrected chi connectivity index (χ1v) is 8.22. The molecule has 3 rings (SSSR count). The molecule has 0 amide bonds. The lowest BCUT2D eigenvalue weighted by Gasteiger charge is -2.24. The van der Waals surface area contributed by atoms with Crippen LogP contribution in [0.5, 0.6) is 5.75 Å². The number of phenols is 1. The molecule has 22 heavy (non-hydrogen) atoms. The minimum atomic E-state index is -0.346. The second-order valence-electron chi connectivity index (χ2n) is 6.32. The van der Waals surface area contributed by atoms with Crippen LogP contribution in [0, 0.1) is 6.92 Å². The van der Waals surface area contributed by atoms with E-state index in [1.165, 1.54) is 37.3 Å². The number of nitrogens with one attached hydrogen (secondary N) is 1. The highest BCUT2D eigenvalue weighted by Gasteiger charge is 2.20. The summed E-state index contributed by atoms with van der Waals surface area (Å²) in [5.74, 6) is 0.280. The Hall–Kier alpha value is -1.81. The molecule has 0 aliphatic carbocycles. The number of hydrogen-bond acceptors (Lipinski definition) is 3. The van der Waals surface area contributed by atoms with Crippen molar-refractivity contribution in [2.24, 2.45) is 0 Å². The molecule has 118 valence electrons. The predicted molar refractivity (Wildman–Crippen MR) is 86.5 cm³/mol. The van der Waals surface area contributed by atoms with Gasteiger partial charge in [0, 0.05) is 22.6 Å². The van der Waals surface area contributed by atoms with Gasteiger partial charge < -0.3 is 14.4 Å². The van der Waals surface area contributed by atoms with Crippen LogP contribution in [0.15, 0.2) is 21.3 Å². The molecule has 1 fully saturated rings. The number of phenolic OH excluding ortho intramolecular Hbond substituents is 1. The molecular formula is C18H24NO3+. The number of piperidine rings is 1. The molecule has 0 spiro atoms. The van der Waals surface area contributed by atoms with Gasteiger partial charge in [0.15, 0.2) is 0 Å². The summed E-state index contributed by atoms with van der Waals surface area (Å²) >= 11 is 0. The number of rotatable bonds is 3. The summed E-state index contributed by atoms with van der Waals surface area (Å²) in [4.78, 5) is 13.2. The highest BCUT2D eigenvalue weighted by Crippen LogP contribution is 2.31. The van der Waals surface area contributed by atoms with Gasteiger partial charge in [0.25, 0.3) is 0 Å². The van der Waals surface area contributed by atoms with E-state index in [1.54, 1.807) is 6.07 Å². The molecule has 1 aromatic heterocycles. The first kappa shape index (κ1) is 15.1. The summed E-state index contributed by atoms with van der Waals surface area (Å²) in [7, 11) is 0. The topological polar surface area (TPSA) is 54.9 Å². The third-order valence-electron chi connectivity index (χ3n) is 4.79. The fourth-order valence-electron chi connectivity index (χ4n) is 3.50. The van der Waals surface area contributed by atoms with Gasteiger partial charge in [-0.15, -0.1) is 0 Å². The molecule has 0 bridgehead atoms. The molecule has 1 aromatic carbocycles. The van der Waals surface area contributed by atoms with Gasteiger partial charge in [0.2, 0.25) is 0 Å². The van der Waals surface area contributed by atoms with Crippen LogP contribution in [0.3, 0.4) is 0 Å². The minimum Gasteiger partial charge on any atom is -0.507 e. The lowest BCUT2D eigenvalue weighted by molar-refractivity contribution is -0.918. The summed E-state index contributed by atoms with van der Waals surface area (Å²) in [6.45, 7) is 7.04. The molecule has 0 radical (unpaired) electrons. The van der Waals surface area contributed by atoms with Crippen LogP contribution in [-0.2, 0) is 13.0 Å². The van der Waals surface area contributed by atoms with Crippen molar-refractivity contribution in [1.29, 1.82) is 0 Å². The standard InChI is InChI=1S/C18H23NO3/c1-3-13-10-16(20)22-18-12(2)17(21)14(9-15(13)18)11-19-7-5-4-6-8-19/h9-10,21H,3-8,11H2,1-2H3/p+1. The molecule has 4 heteroatoms. The van der Waals surface area contributed by atoms with Crippen molar-refractivity contribution < 1.29 is 14.4 Å². The van der Waals surface area contributed by atoms with Gasteiger partial charge in [0.1, 0.15) is 17.9 Å². The van der Waals surface area contributed by atoms with Gasteiger partial charge in [-0.05, 0) is 44.2 Å². The molecule has 0 atom stereocenters. The van der Waals surface area contributed by atoms with Crippen molar-refractivity contribution in [2.45, 2.75) is 46.1 Å². The summed E-state index contributed by atoms with van der Waals surface area (Å²) in [6, 6.07) is 3.58. The Balaban J connectivity index is 2.09. The Labute approximate surface area is 130 Å². The van der Waals surface area contributed by atoms with E-state index in [1.807, 2.05) is 19.9 Å². The van der Waals surface area contributed by atoms with Crippen molar-refractivity contribution in [3.63, 3.8) is 0 Å². The van der Waals surface area contributed by atoms with Crippen molar-refractivity contribution >= 4 is 11.0 Å². The molecule has 4 nitrogen and oxygen atoms in total. The Morgan fingerprint density at radius 3 is 2.59 bits per heavy atom. The molecule has 1 aliphatic rings. The molecule has 2 N–H and O–H groups in total. The Kier molecular flexibility index (Phi) is 4.21. The number of likely N-dealkylation sites (tertiary alicyclic amines) is 1. The number of aromatic hydroxyl groups is 1. The van der Waals surface area contributed by atoms with Crippen LogP contribution in [0.4, 0.5) is 0 Å². The van der Waals surface area contributed by atoms with E-state index in [2.05, 4.69) is 0 Å². The van der Waals surface area contributed by atoms with Gasteiger partial charge in [-0.25, -0.2) is 4.79 Å². The normalized spacial score (nSPS) is 16.3. The Bertz CT molecular complexity index is 742. The van der Waals surface area contributed by atoms with Crippen LogP contribution < -0.4 is 10.5 Å². The van der Waals surface area contributed by atoms with Gasteiger partial charge in [-0.1, -0.05) is 6.92 Å². The van der Waals surface area contributed by atoms with Crippen molar-refractivity contribution in [1.82, 2.24) is 0 Å². The van der Waals surface area contributed by atoms with E-state index in [9.17, 15) is 9.90 Å². The van der Waals surface area contributed by atoms with Crippen LogP contribution in [0.1, 0.15) is 42.9 Å². The predicted octanol–water partition coefficient (Wildman–Crippen LogP) is 1.94. The maximum absolute atomic E-state index is 11.7. The van der Waals surface area contributed by atoms with E-state index < -0.39 is 0 Å². The third kappa shape index (κ3) is 2.75. The number of benzene rings is 1. The highest BCUT2D eigenvalue weighted by molar-refractivity contribution is 5.86. The molecule has 2 aromatic rings. The molecule has 0 unspecified atom stereocenters. The largest absolute Gasteiger partial charge is 0.507 e. The Morgan fingerprint density at radius 2 is 1.91 bits per heavy atom. The van der Waals surface area contributed by atoms with Gasteiger partial charge >= 0.3 is 5.63 Å². The van der Waals surface area contributed by atoms with Crippen molar-refractivity contribution in [2.75, 3.05) is 13.1 Å². The average molecular weight is 302 g/mol. The lowest BCUT2D eigenvalue weighted by atomic mass is 9.99. The lowest BCUT2D eigenvalue weighted by Crippen LogP contribution is -3.11. The van der Waals surface area contributed by atoms with Gasteiger partial charge in [0.05, 0.1) is 13.1 Å². The second kappa shape index (κ2) is 6.13. The summed E-state index contributed by atoms with van der Waals surface area (Å²) < 4.78 is 5.34. The minimum absolute atomic E-state index is 0.280. The van der Waals surface area contributed by atoms with Gasteiger partial charge in [-0.3, -0.25) is 0 Å². The number of aryl methyl sites for hydroxylation is 2. The Morgan fingerprint density at radius 1 is 1.18 bits per heavy atom. The maximum atomic E-state index is 11.7. The average Bonchev–Trinajstić information content (AvgIpc) is 2.53. The summed E-state index contributed by atoms with van der Waals surface area (Å²) in [6.07, 6.45) is 4.62. The smallest absolute Gasteiger partial charge is 0.336 e. The molecule has 1 saturated heterocycles. The van der Waals surface area contributed by atoms with Crippen LogP contribution in [0.2, 0.25) is 0 Å². The SMILES string of the molecule is CCc1cc(=O)oc2c(C)c(O)c(C[NH+]3CCCCC3)cc12. The first-order chi connectivity index (χ1) is 10.6. The third-order valence-corrected chi connectivity index (χ3v) is 4.79. The number of hydrogen-bond donors (Lipinski definition) is 2. The van der Waals surface area contributed by atoms with E-state index in [4.69, 9.17) is 4.42 Å². The fourth-order valence-corrected chi connectivity index (χ4v) is 3.50. The quantitative estimate of drug-likeness (QED) is 0.852. The maximum Gasteiger partial charge on any atom is 0.336 e. The molecular weight excluding hydrogens is 278 g/mol. The van der Waals surface area contributed by atoms with Crippen molar-refractivity contribution in [3.8, 4) is 5.75 Å². The fraction of sp³-hybridized carbons (Fsp3) is 0.500. The zero-order valence-electron chi connectivity index (χ0n) is 13.4. The summed E-state index contributed by atoms with van der Waals surface area (Å²) in [5, 5.41) is 11.5. The van der Waals surface area contributed by atoms with E-state index in [-0.39, 0.29) is 11.4 Å². The second-order valence-corrected chi connectivity index (χ2v) is 6.32. The first-order valence-electron chi connectivity index (χ1n) is 8.22. The monoisotopic (exact) mass is 302 g/mol. The zero-order chi connectivity index (χ0) is 15.7. The molecule has 0 saturated carbocycles. The van der Waals surface area contributed by atoms with Gasteiger partial charge in [-0.2, -0.15) is 0 Å². The molecule has 2 heterocycles. The van der Waals surface area contributed by atoms with E-state index in [0.717, 1.165) is 29.5 Å². The zero-order valence-corrected chi connectivity index (χ0v) is 13.4. The van der Waals surface area contributed by atoms with Crippen LogP contribution in [-0.4, -0.2) is 18.2 Å². The highest BCUT2D eigenvalue weighted by atomic mass is 16.4. The van der Waals surface area contributed by atoms with E-state index in [0.29, 0.717) is 11.1 Å². The summed E-state index contributed by atoms with van der Waals surface area (Å²) in [5.41, 5.74) is 2.81. The van der Waals surface area contributed by atoms with Crippen LogP contribution >= 0.6 is 0 Å². The van der Waals surface area contributed by atoms with Crippen molar-refractivity contribution in [3.05, 3.63) is 39.2 Å². The van der Waals surface area contributed by atoms with Crippen LogP contribution in [0.25, 0.3) is 11.0 Å². The number of fused-ring (bicyclic) bond motifs is 1. The molecule has 1 aliphatic heterocycles.